The number of ether oxygens (including phenoxy) is 2. The minimum absolute atomic E-state index is 0.0294. The van der Waals surface area contributed by atoms with Crippen LogP contribution in [-0.2, 0) is 6.61 Å². The van der Waals surface area contributed by atoms with Crippen molar-refractivity contribution >= 4 is 11.6 Å². The number of methoxy groups -OCH3 is 1. The lowest BCUT2D eigenvalue weighted by molar-refractivity contribution is 0.189. The molecule has 0 unspecified atom stereocenters. The van der Waals surface area contributed by atoms with Gasteiger partial charge in [-0.2, -0.15) is 0 Å². The van der Waals surface area contributed by atoms with E-state index in [0.717, 1.165) is 0 Å². The molecule has 1 N–H and O–H groups in total. The Balaban J connectivity index is 2.26. The molecule has 0 aliphatic heterocycles. The molecule has 0 aromatic heterocycles. The third-order valence-electron chi connectivity index (χ3n) is 3.10. The Labute approximate surface area is 127 Å². The fourth-order valence-corrected chi connectivity index (χ4v) is 2.15. The Hall–Kier alpha value is -1.78. The maximum Gasteiger partial charge on any atom is 0.131 e. The number of hydrogen-bond donors (Lipinski definition) is 1. The van der Waals surface area contributed by atoms with E-state index in [0.29, 0.717) is 22.1 Å². The summed E-state index contributed by atoms with van der Waals surface area (Å²) in [4.78, 5) is 0. The lowest BCUT2D eigenvalue weighted by atomic mass is 10.1. The third-order valence-corrected chi connectivity index (χ3v) is 3.46. The highest BCUT2D eigenvalue weighted by Crippen LogP contribution is 2.31. The molecular weight excluding hydrogens is 295 g/mol. The second kappa shape index (κ2) is 6.78. The summed E-state index contributed by atoms with van der Waals surface area (Å²) in [6.07, 6.45) is -0.706. The van der Waals surface area contributed by atoms with Crippen molar-refractivity contribution in [3.05, 3.63) is 58.4 Å². The van der Waals surface area contributed by atoms with Gasteiger partial charge in [-0.15, -0.1) is 0 Å². The molecule has 0 saturated heterocycles. The fourth-order valence-electron chi connectivity index (χ4n) is 1.93. The summed E-state index contributed by atoms with van der Waals surface area (Å²) < 4.78 is 24.5. The van der Waals surface area contributed by atoms with Gasteiger partial charge >= 0.3 is 0 Å². The van der Waals surface area contributed by atoms with Crippen molar-refractivity contribution in [3.63, 3.8) is 0 Å². The molecule has 0 spiro atoms. The topological polar surface area (TPSA) is 38.7 Å². The van der Waals surface area contributed by atoms with E-state index < -0.39 is 11.9 Å². The predicted octanol–water partition coefficient (Wildman–Crippen LogP) is 4.12. The number of aliphatic hydroxyl groups is 1. The number of benzene rings is 2. The van der Waals surface area contributed by atoms with Crippen molar-refractivity contribution < 1.29 is 19.0 Å². The van der Waals surface area contributed by atoms with Crippen LogP contribution in [0.2, 0.25) is 5.02 Å². The van der Waals surface area contributed by atoms with E-state index in [-0.39, 0.29) is 12.2 Å². The Kier molecular flexibility index (Phi) is 5.04. The van der Waals surface area contributed by atoms with Gasteiger partial charge in [0, 0.05) is 17.2 Å². The molecule has 3 nitrogen and oxygen atoms in total. The van der Waals surface area contributed by atoms with E-state index in [1.165, 1.54) is 19.2 Å². The Bertz CT molecular complexity index is 609. The summed E-state index contributed by atoms with van der Waals surface area (Å²) in [6.45, 7) is 1.60. The zero-order chi connectivity index (χ0) is 15.4. The molecule has 0 fully saturated rings. The molecule has 2 aromatic rings. The maximum absolute atomic E-state index is 13.7. The van der Waals surface area contributed by atoms with Gasteiger partial charge in [0.1, 0.15) is 23.9 Å². The average molecular weight is 311 g/mol. The lowest BCUT2D eigenvalue weighted by Gasteiger charge is -2.15. The van der Waals surface area contributed by atoms with Crippen LogP contribution in [0.1, 0.15) is 24.2 Å². The van der Waals surface area contributed by atoms with Gasteiger partial charge in [0.15, 0.2) is 0 Å². The monoisotopic (exact) mass is 310 g/mol. The number of hydrogen-bond acceptors (Lipinski definition) is 3. The van der Waals surface area contributed by atoms with E-state index >= 15 is 0 Å². The molecular formula is C16H16ClFO3. The SMILES string of the molecule is COc1ccc([C@@H](C)O)c(OCc2c(F)cccc2Cl)c1. The van der Waals surface area contributed by atoms with Crippen LogP contribution in [0.5, 0.6) is 11.5 Å². The van der Waals surface area contributed by atoms with Crippen LogP contribution in [0.3, 0.4) is 0 Å². The van der Waals surface area contributed by atoms with Gasteiger partial charge in [0.05, 0.1) is 18.2 Å². The van der Waals surface area contributed by atoms with E-state index in [2.05, 4.69) is 0 Å². The summed E-state index contributed by atoms with van der Waals surface area (Å²) in [6, 6.07) is 9.55. The first-order chi connectivity index (χ1) is 10.0. The van der Waals surface area contributed by atoms with Crippen LogP contribution < -0.4 is 9.47 Å². The van der Waals surface area contributed by atoms with Crippen LogP contribution in [0.25, 0.3) is 0 Å². The zero-order valence-electron chi connectivity index (χ0n) is 11.8. The third kappa shape index (κ3) is 3.65. The first-order valence-electron chi connectivity index (χ1n) is 6.44. The zero-order valence-corrected chi connectivity index (χ0v) is 12.5. The largest absolute Gasteiger partial charge is 0.497 e. The van der Waals surface area contributed by atoms with E-state index in [1.807, 2.05) is 0 Å². The number of aliphatic hydroxyl groups excluding tert-OH is 1. The normalized spacial score (nSPS) is 12.0. The van der Waals surface area contributed by atoms with E-state index in [4.69, 9.17) is 21.1 Å². The molecule has 0 bridgehead atoms. The maximum atomic E-state index is 13.7. The highest BCUT2D eigenvalue weighted by Gasteiger charge is 2.13. The lowest BCUT2D eigenvalue weighted by Crippen LogP contribution is -2.03. The number of rotatable bonds is 5. The molecule has 0 aliphatic carbocycles. The Morgan fingerprint density at radius 1 is 1.29 bits per heavy atom. The molecule has 112 valence electrons. The van der Waals surface area contributed by atoms with Gasteiger partial charge < -0.3 is 14.6 Å². The molecule has 0 saturated carbocycles. The summed E-state index contributed by atoms with van der Waals surface area (Å²) in [5, 5.41) is 10.1. The van der Waals surface area contributed by atoms with E-state index in [1.54, 1.807) is 31.2 Å². The summed E-state index contributed by atoms with van der Waals surface area (Å²) in [5.74, 6) is 0.599. The van der Waals surface area contributed by atoms with Gasteiger partial charge in [-0.1, -0.05) is 17.7 Å². The van der Waals surface area contributed by atoms with Crippen LogP contribution >= 0.6 is 11.6 Å². The summed E-state index contributed by atoms with van der Waals surface area (Å²) in [7, 11) is 1.54. The van der Waals surface area contributed by atoms with Gasteiger partial charge in [0.25, 0.3) is 0 Å². The molecule has 0 aliphatic rings. The van der Waals surface area contributed by atoms with Crippen molar-refractivity contribution in [2.24, 2.45) is 0 Å². The summed E-state index contributed by atoms with van der Waals surface area (Å²) in [5.41, 5.74) is 0.877. The second-order valence-corrected chi connectivity index (χ2v) is 4.98. The molecule has 0 amide bonds. The van der Waals surface area contributed by atoms with E-state index in [9.17, 15) is 9.50 Å². The molecule has 2 aromatic carbocycles. The minimum atomic E-state index is -0.706. The van der Waals surface area contributed by atoms with Crippen molar-refractivity contribution in [3.8, 4) is 11.5 Å². The van der Waals surface area contributed by atoms with Crippen molar-refractivity contribution in [2.75, 3.05) is 7.11 Å². The molecule has 0 radical (unpaired) electrons. The van der Waals surface area contributed by atoms with Gasteiger partial charge in [-0.05, 0) is 31.2 Å². The quantitative estimate of drug-likeness (QED) is 0.903. The first-order valence-corrected chi connectivity index (χ1v) is 6.82. The standard InChI is InChI=1S/C16H16ClFO3/c1-10(19)12-7-6-11(20-2)8-16(12)21-9-13-14(17)4-3-5-15(13)18/h3-8,10,19H,9H2,1-2H3/t10-/m1/s1. The van der Waals surface area contributed by atoms with Crippen molar-refractivity contribution in [2.45, 2.75) is 19.6 Å². The molecule has 1 atom stereocenters. The minimum Gasteiger partial charge on any atom is -0.497 e. The van der Waals surface area contributed by atoms with Crippen LogP contribution in [0, 0.1) is 5.82 Å². The van der Waals surface area contributed by atoms with Crippen LogP contribution in [-0.4, -0.2) is 12.2 Å². The van der Waals surface area contributed by atoms with Gasteiger partial charge in [0.2, 0.25) is 0 Å². The molecule has 0 heterocycles. The molecule has 5 heteroatoms. The van der Waals surface area contributed by atoms with Gasteiger partial charge in [-0.25, -0.2) is 4.39 Å². The van der Waals surface area contributed by atoms with Crippen LogP contribution in [0.15, 0.2) is 36.4 Å². The Morgan fingerprint density at radius 2 is 2.05 bits per heavy atom. The smallest absolute Gasteiger partial charge is 0.131 e. The van der Waals surface area contributed by atoms with Gasteiger partial charge in [-0.3, -0.25) is 0 Å². The molecule has 2 rings (SSSR count). The fraction of sp³-hybridized carbons (Fsp3) is 0.250. The first kappa shape index (κ1) is 15.6. The summed E-state index contributed by atoms with van der Waals surface area (Å²) >= 11 is 5.96. The predicted molar refractivity (Wildman–Crippen MR) is 79.4 cm³/mol. The van der Waals surface area contributed by atoms with Crippen LogP contribution in [0.4, 0.5) is 4.39 Å². The Morgan fingerprint density at radius 3 is 2.67 bits per heavy atom. The highest BCUT2D eigenvalue weighted by atomic mass is 35.5. The van der Waals surface area contributed by atoms with Crippen molar-refractivity contribution in [1.29, 1.82) is 0 Å². The second-order valence-electron chi connectivity index (χ2n) is 4.57. The molecule has 21 heavy (non-hydrogen) atoms. The highest BCUT2D eigenvalue weighted by molar-refractivity contribution is 6.31. The average Bonchev–Trinajstić information content (AvgIpc) is 2.46. The van der Waals surface area contributed by atoms with Crippen molar-refractivity contribution in [1.82, 2.24) is 0 Å². The number of halogens is 2.